The van der Waals surface area contributed by atoms with Crippen LogP contribution in [0.2, 0.25) is 10.0 Å². The molecule has 3 nitrogen and oxygen atoms in total. The van der Waals surface area contributed by atoms with E-state index in [2.05, 4.69) is 24.1 Å². The van der Waals surface area contributed by atoms with E-state index in [9.17, 15) is 5.11 Å². The van der Waals surface area contributed by atoms with Gasteiger partial charge in [0.2, 0.25) is 0 Å². The third-order valence-electron chi connectivity index (χ3n) is 3.68. The van der Waals surface area contributed by atoms with Crippen LogP contribution in [0.15, 0.2) is 18.2 Å². The van der Waals surface area contributed by atoms with Crippen LogP contribution in [0.4, 0.5) is 0 Å². The third kappa shape index (κ3) is 4.61. The molecule has 0 radical (unpaired) electrons. The molecule has 2 N–H and O–H groups in total. The number of halogens is 2. The van der Waals surface area contributed by atoms with Gasteiger partial charge in [-0.3, -0.25) is 0 Å². The zero-order valence-electron chi connectivity index (χ0n) is 12.4. The minimum Gasteiger partial charge on any atom is -0.394 e. The van der Waals surface area contributed by atoms with Crippen molar-refractivity contribution in [2.45, 2.75) is 26.3 Å². The molecule has 1 atom stereocenters. The molecule has 1 unspecified atom stereocenters. The van der Waals surface area contributed by atoms with Crippen molar-refractivity contribution in [3.8, 4) is 0 Å². The van der Waals surface area contributed by atoms with Gasteiger partial charge in [-0.1, -0.05) is 37.0 Å². The van der Waals surface area contributed by atoms with Crippen molar-refractivity contribution in [1.82, 2.24) is 10.2 Å². The van der Waals surface area contributed by atoms with Crippen LogP contribution < -0.4 is 5.32 Å². The summed E-state index contributed by atoms with van der Waals surface area (Å²) in [5.74, 6) is 0. The quantitative estimate of drug-likeness (QED) is 0.773. The lowest BCUT2D eigenvalue weighted by atomic mass is 9.92. The van der Waals surface area contributed by atoms with E-state index < -0.39 is 5.54 Å². The number of hydrogen-bond donors (Lipinski definition) is 2. The van der Waals surface area contributed by atoms with Gasteiger partial charge in [0, 0.05) is 23.1 Å². The molecule has 1 rings (SSSR count). The van der Waals surface area contributed by atoms with Gasteiger partial charge in [0.25, 0.3) is 0 Å². The SMILES string of the molecule is CCN(CC)CCNC(C)(CO)c1cc(Cl)ccc1Cl. The third-order valence-corrected chi connectivity index (χ3v) is 4.24. The molecule has 20 heavy (non-hydrogen) atoms. The molecule has 0 saturated heterocycles. The van der Waals surface area contributed by atoms with Crippen LogP contribution in [0, 0.1) is 0 Å². The summed E-state index contributed by atoms with van der Waals surface area (Å²) in [6.07, 6.45) is 0. The lowest BCUT2D eigenvalue weighted by molar-refractivity contribution is 0.168. The first kappa shape index (κ1) is 17.7. The standard InChI is InChI=1S/C15H24Cl2N2O/c1-4-19(5-2)9-8-18-15(3,11-20)13-10-12(16)6-7-14(13)17/h6-7,10,18,20H,4-5,8-9,11H2,1-3H3. The second kappa shape index (κ2) is 8.20. The van der Waals surface area contributed by atoms with Gasteiger partial charge in [0.15, 0.2) is 0 Å². The van der Waals surface area contributed by atoms with Gasteiger partial charge in [-0.2, -0.15) is 0 Å². The first-order chi connectivity index (χ1) is 9.46. The van der Waals surface area contributed by atoms with Crippen LogP contribution in [0.5, 0.6) is 0 Å². The molecule has 0 heterocycles. The van der Waals surface area contributed by atoms with Crippen molar-refractivity contribution in [2.75, 3.05) is 32.8 Å². The van der Waals surface area contributed by atoms with Gasteiger partial charge in [0.1, 0.15) is 0 Å². The molecule has 0 saturated carbocycles. The van der Waals surface area contributed by atoms with Crippen molar-refractivity contribution in [3.05, 3.63) is 33.8 Å². The zero-order valence-corrected chi connectivity index (χ0v) is 13.9. The van der Waals surface area contributed by atoms with Gasteiger partial charge >= 0.3 is 0 Å². The second-order valence-electron chi connectivity index (χ2n) is 5.07. The number of aliphatic hydroxyl groups is 1. The highest BCUT2D eigenvalue weighted by molar-refractivity contribution is 6.33. The molecule has 0 aliphatic rings. The molecule has 5 heteroatoms. The zero-order chi connectivity index (χ0) is 15.2. The molecule has 0 aromatic heterocycles. The van der Waals surface area contributed by atoms with Crippen molar-refractivity contribution in [2.24, 2.45) is 0 Å². The Morgan fingerprint density at radius 2 is 1.90 bits per heavy atom. The normalized spacial score (nSPS) is 14.6. The van der Waals surface area contributed by atoms with Gasteiger partial charge in [-0.15, -0.1) is 0 Å². The molecule has 0 fully saturated rings. The molecule has 114 valence electrons. The number of hydrogen-bond acceptors (Lipinski definition) is 3. The van der Waals surface area contributed by atoms with Crippen LogP contribution in [-0.4, -0.2) is 42.8 Å². The summed E-state index contributed by atoms with van der Waals surface area (Å²) >= 11 is 12.3. The van der Waals surface area contributed by atoms with Crippen molar-refractivity contribution < 1.29 is 5.11 Å². The Morgan fingerprint density at radius 1 is 1.25 bits per heavy atom. The first-order valence-electron chi connectivity index (χ1n) is 7.00. The molecular formula is C15H24Cl2N2O. The highest BCUT2D eigenvalue weighted by atomic mass is 35.5. The number of rotatable bonds is 8. The fourth-order valence-corrected chi connectivity index (χ4v) is 2.68. The summed E-state index contributed by atoms with van der Waals surface area (Å²) < 4.78 is 0. The second-order valence-corrected chi connectivity index (χ2v) is 5.91. The lowest BCUT2D eigenvalue weighted by Gasteiger charge is -2.31. The van der Waals surface area contributed by atoms with Crippen LogP contribution in [0.25, 0.3) is 0 Å². The van der Waals surface area contributed by atoms with E-state index in [0.717, 1.165) is 31.7 Å². The van der Waals surface area contributed by atoms with E-state index in [1.165, 1.54) is 0 Å². The predicted molar refractivity (Wildman–Crippen MR) is 86.7 cm³/mol. The Balaban J connectivity index is 2.78. The molecule has 0 aliphatic heterocycles. The highest BCUT2D eigenvalue weighted by Crippen LogP contribution is 2.30. The van der Waals surface area contributed by atoms with Crippen LogP contribution >= 0.6 is 23.2 Å². The van der Waals surface area contributed by atoms with Gasteiger partial charge in [0.05, 0.1) is 12.1 Å². The average molecular weight is 319 g/mol. The van der Waals surface area contributed by atoms with Crippen LogP contribution in [0.3, 0.4) is 0 Å². The minimum atomic E-state index is -0.588. The lowest BCUT2D eigenvalue weighted by Crippen LogP contribution is -2.46. The Morgan fingerprint density at radius 3 is 2.45 bits per heavy atom. The summed E-state index contributed by atoms with van der Waals surface area (Å²) in [6, 6.07) is 5.32. The van der Waals surface area contributed by atoms with E-state index in [-0.39, 0.29) is 6.61 Å². The van der Waals surface area contributed by atoms with Crippen molar-refractivity contribution in [1.29, 1.82) is 0 Å². The molecule has 1 aromatic rings. The Hall–Kier alpha value is -0.320. The van der Waals surface area contributed by atoms with E-state index in [4.69, 9.17) is 23.2 Å². The number of benzene rings is 1. The molecule has 0 amide bonds. The maximum absolute atomic E-state index is 9.76. The van der Waals surface area contributed by atoms with E-state index in [1.807, 2.05) is 13.0 Å². The van der Waals surface area contributed by atoms with E-state index in [1.54, 1.807) is 12.1 Å². The number of nitrogens with zero attached hydrogens (tertiary/aromatic N) is 1. The smallest absolute Gasteiger partial charge is 0.0656 e. The van der Waals surface area contributed by atoms with Gasteiger partial charge < -0.3 is 15.3 Å². The summed E-state index contributed by atoms with van der Waals surface area (Å²) in [6.45, 7) is 9.93. The van der Waals surface area contributed by atoms with Gasteiger partial charge in [-0.25, -0.2) is 0 Å². The summed E-state index contributed by atoms with van der Waals surface area (Å²) in [7, 11) is 0. The Kier molecular flexibility index (Phi) is 7.27. The molecular weight excluding hydrogens is 295 g/mol. The van der Waals surface area contributed by atoms with Crippen LogP contribution in [-0.2, 0) is 5.54 Å². The summed E-state index contributed by atoms with van der Waals surface area (Å²) in [5.41, 5.74) is 0.239. The predicted octanol–water partition coefficient (Wildman–Crippen LogP) is 3.13. The van der Waals surface area contributed by atoms with Crippen molar-refractivity contribution >= 4 is 23.2 Å². The minimum absolute atomic E-state index is 0.0364. The summed E-state index contributed by atoms with van der Waals surface area (Å²) in [5, 5.41) is 14.4. The molecule has 0 spiro atoms. The number of aliphatic hydroxyl groups excluding tert-OH is 1. The Labute approximate surface area is 131 Å². The van der Waals surface area contributed by atoms with E-state index >= 15 is 0 Å². The summed E-state index contributed by atoms with van der Waals surface area (Å²) in [4.78, 5) is 2.32. The molecule has 1 aromatic carbocycles. The number of likely N-dealkylation sites (N-methyl/N-ethyl adjacent to an activating group) is 1. The topological polar surface area (TPSA) is 35.5 Å². The maximum Gasteiger partial charge on any atom is 0.0656 e. The highest BCUT2D eigenvalue weighted by Gasteiger charge is 2.27. The Bertz CT molecular complexity index is 424. The monoisotopic (exact) mass is 318 g/mol. The molecule has 0 bridgehead atoms. The van der Waals surface area contributed by atoms with Gasteiger partial charge in [-0.05, 0) is 43.8 Å². The average Bonchev–Trinajstić information content (AvgIpc) is 2.46. The molecule has 0 aliphatic carbocycles. The van der Waals surface area contributed by atoms with E-state index in [0.29, 0.717) is 10.0 Å². The van der Waals surface area contributed by atoms with Crippen LogP contribution in [0.1, 0.15) is 26.3 Å². The number of nitrogens with one attached hydrogen (secondary N) is 1. The fraction of sp³-hybridized carbons (Fsp3) is 0.600. The fourth-order valence-electron chi connectivity index (χ4n) is 2.19. The van der Waals surface area contributed by atoms with Crippen molar-refractivity contribution in [3.63, 3.8) is 0 Å². The maximum atomic E-state index is 9.76. The first-order valence-corrected chi connectivity index (χ1v) is 7.76. The largest absolute Gasteiger partial charge is 0.394 e.